The van der Waals surface area contributed by atoms with Gasteiger partial charge in [-0.1, -0.05) is 20.3 Å². The van der Waals surface area contributed by atoms with Crippen molar-refractivity contribution in [1.82, 2.24) is 0 Å². The van der Waals surface area contributed by atoms with Crippen LogP contribution >= 0.6 is 0 Å². The molecule has 1 spiro atoms. The Kier molecular flexibility index (Phi) is 3.36. The zero-order valence-electron chi connectivity index (χ0n) is 10.4. The molecule has 0 saturated heterocycles. The molecule has 0 amide bonds. The van der Waals surface area contributed by atoms with Gasteiger partial charge in [-0.3, -0.25) is 4.79 Å². The van der Waals surface area contributed by atoms with Crippen LogP contribution in [-0.4, -0.2) is 11.4 Å². The minimum Gasteiger partial charge on any atom is -0.494 e. The molecule has 0 bridgehead atoms. The van der Waals surface area contributed by atoms with E-state index in [4.69, 9.17) is 4.74 Å². The molecule has 1 saturated carbocycles. The van der Waals surface area contributed by atoms with Gasteiger partial charge in [0.05, 0.1) is 12.7 Å². The predicted molar refractivity (Wildman–Crippen MR) is 64.0 cm³/mol. The van der Waals surface area contributed by atoms with Gasteiger partial charge in [0.25, 0.3) is 0 Å². The summed E-state index contributed by atoms with van der Waals surface area (Å²) in [7, 11) is 0. The highest BCUT2D eigenvalue weighted by molar-refractivity contribution is 5.90. The first kappa shape index (κ1) is 11.7. The van der Waals surface area contributed by atoms with Gasteiger partial charge in [0.1, 0.15) is 5.60 Å². The minimum absolute atomic E-state index is 0.157. The Hall–Kier alpha value is -0.790. The van der Waals surface area contributed by atoms with Crippen molar-refractivity contribution in [2.75, 3.05) is 0 Å². The van der Waals surface area contributed by atoms with E-state index in [0.717, 1.165) is 24.7 Å². The molecule has 0 aromatic carbocycles. The second-order valence-corrected chi connectivity index (χ2v) is 5.68. The highest BCUT2D eigenvalue weighted by Crippen LogP contribution is 2.39. The molecule has 1 aliphatic carbocycles. The van der Waals surface area contributed by atoms with Crippen molar-refractivity contribution in [3.63, 3.8) is 0 Å². The third-order valence-corrected chi connectivity index (χ3v) is 4.19. The number of allylic oxidation sites excluding steroid dienone is 1. The maximum Gasteiger partial charge on any atom is 0.162 e. The average molecular weight is 222 g/mol. The fourth-order valence-electron chi connectivity index (χ4n) is 3.04. The van der Waals surface area contributed by atoms with Crippen molar-refractivity contribution in [2.24, 2.45) is 11.8 Å². The molecule has 2 atom stereocenters. The molecule has 2 heteroatoms. The Balaban J connectivity index is 2.03. The SMILES string of the molecule is CC(C)C1CCCC2(CC1)CC(=O)C=CO2. The van der Waals surface area contributed by atoms with Gasteiger partial charge in [0.15, 0.2) is 5.78 Å². The van der Waals surface area contributed by atoms with Gasteiger partial charge in [-0.05, 0) is 37.5 Å². The third-order valence-electron chi connectivity index (χ3n) is 4.19. The van der Waals surface area contributed by atoms with Crippen molar-refractivity contribution in [3.8, 4) is 0 Å². The van der Waals surface area contributed by atoms with Gasteiger partial charge in [-0.15, -0.1) is 0 Å². The first-order valence-corrected chi connectivity index (χ1v) is 6.48. The highest BCUT2D eigenvalue weighted by atomic mass is 16.5. The first-order chi connectivity index (χ1) is 7.61. The molecule has 2 rings (SSSR count). The summed E-state index contributed by atoms with van der Waals surface area (Å²) in [5.41, 5.74) is -0.157. The number of hydrogen-bond donors (Lipinski definition) is 0. The predicted octanol–water partition coefficient (Wildman–Crippen LogP) is 3.46. The van der Waals surface area contributed by atoms with E-state index in [0.29, 0.717) is 6.42 Å². The second kappa shape index (κ2) is 4.60. The summed E-state index contributed by atoms with van der Waals surface area (Å²) < 4.78 is 5.78. The molecule has 2 aliphatic rings. The van der Waals surface area contributed by atoms with Crippen LogP contribution in [0, 0.1) is 11.8 Å². The fourth-order valence-corrected chi connectivity index (χ4v) is 3.04. The molecule has 2 unspecified atom stereocenters. The minimum atomic E-state index is -0.157. The normalized spacial score (nSPS) is 35.2. The van der Waals surface area contributed by atoms with Crippen molar-refractivity contribution < 1.29 is 9.53 Å². The molecule has 16 heavy (non-hydrogen) atoms. The van der Waals surface area contributed by atoms with Gasteiger partial charge in [-0.25, -0.2) is 0 Å². The summed E-state index contributed by atoms with van der Waals surface area (Å²) in [5, 5.41) is 0. The van der Waals surface area contributed by atoms with Gasteiger partial charge in [0, 0.05) is 6.08 Å². The van der Waals surface area contributed by atoms with Crippen LogP contribution in [0.25, 0.3) is 0 Å². The summed E-state index contributed by atoms with van der Waals surface area (Å²) in [4.78, 5) is 11.5. The number of carbonyl (C=O) groups excluding carboxylic acids is 1. The molecule has 1 fully saturated rings. The zero-order valence-corrected chi connectivity index (χ0v) is 10.4. The van der Waals surface area contributed by atoms with Crippen LogP contribution in [0.15, 0.2) is 12.3 Å². The van der Waals surface area contributed by atoms with Gasteiger partial charge < -0.3 is 4.74 Å². The highest BCUT2D eigenvalue weighted by Gasteiger charge is 2.38. The van der Waals surface area contributed by atoms with Crippen LogP contribution < -0.4 is 0 Å². The molecule has 2 nitrogen and oxygen atoms in total. The Labute approximate surface area is 98.1 Å². The van der Waals surface area contributed by atoms with Crippen LogP contribution in [0.5, 0.6) is 0 Å². The molecule has 0 N–H and O–H groups in total. The monoisotopic (exact) mass is 222 g/mol. The standard InChI is InChI=1S/C14H22O2/c1-11(2)12-4-3-7-14(8-5-12)10-13(15)6-9-16-14/h6,9,11-12H,3-5,7-8,10H2,1-2H3. The molecule has 0 radical (unpaired) electrons. The summed E-state index contributed by atoms with van der Waals surface area (Å²) in [5.74, 6) is 1.79. The van der Waals surface area contributed by atoms with E-state index in [2.05, 4.69) is 13.8 Å². The van der Waals surface area contributed by atoms with E-state index in [9.17, 15) is 4.79 Å². The summed E-state index contributed by atoms with van der Waals surface area (Å²) >= 11 is 0. The number of ether oxygens (including phenoxy) is 1. The van der Waals surface area contributed by atoms with E-state index in [1.807, 2.05) is 0 Å². The lowest BCUT2D eigenvalue weighted by Crippen LogP contribution is -2.35. The summed E-state index contributed by atoms with van der Waals surface area (Å²) in [6, 6.07) is 0. The Morgan fingerprint density at radius 1 is 1.38 bits per heavy atom. The Morgan fingerprint density at radius 2 is 2.19 bits per heavy atom. The van der Waals surface area contributed by atoms with Gasteiger partial charge in [0.2, 0.25) is 0 Å². The van der Waals surface area contributed by atoms with Gasteiger partial charge >= 0.3 is 0 Å². The largest absolute Gasteiger partial charge is 0.494 e. The van der Waals surface area contributed by atoms with E-state index in [1.54, 1.807) is 12.3 Å². The second-order valence-electron chi connectivity index (χ2n) is 5.68. The topological polar surface area (TPSA) is 26.3 Å². The smallest absolute Gasteiger partial charge is 0.162 e. The maximum atomic E-state index is 11.5. The van der Waals surface area contributed by atoms with Crippen LogP contribution in [0.2, 0.25) is 0 Å². The summed E-state index contributed by atoms with van der Waals surface area (Å²) in [6.45, 7) is 4.60. The van der Waals surface area contributed by atoms with Crippen molar-refractivity contribution in [3.05, 3.63) is 12.3 Å². The first-order valence-electron chi connectivity index (χ1n) is 6.48. The Bertz CT molecular complexity index is 293. The number of carbonyl (C=O) groups is 1. The third kappa shape index (κ3) is 2.47. The zero-order chi connectivity index (χ0) is 11.6. The quantitative estimate of drug-likeness (QED) is 0.679. The molecule has 90 valence electrons. The van der Waals surface area contributed by atoms with Crippen LogP contribution in [0.4, 0.5) is 0 Å². The van der Waals surface area contributed by atoms with E-state index < -0.39 is 0 Å². The van der Waals surface area contributed by atoms with Crippen LogP contribution in [-0.2, 0) is 9.53 Å². The average Bonchev–Trinajstić information content (AvgIpc) is 2.41. The number of hydrogen-bond acceptors (Lipinski definition) is 2. The lowest BCUT2D eigenvalue weighted by molar-refractivity contribution is -0.123. The van der Waals surface area contributed by atoms with E-state index in [-0.39, 0.29) is 11.4 Å². The maximum absolute atomic E-state index is 11.5. The van der Waals surface area contributed by atoms with Crippen LogP contribution in [0.3, 0.4) is 0 Å². The van der Waals surface area contributed by atoms with Crippen molar-refractivity contribution in [2.45, 2.75) is 58.0 Å². The molecule has 0 aromatic heterocycles. The Morgan fingerprint density at radius 3 is 2.88 bits per heavy atom. The van der Waals surface area contributed by atoms with Crippen molar-refractivity contribution in [1.29, 1.82) is 0 Å². The van der Waals surface area contributed by atoms with Crippen molar-refractivity contribution >= 4 is 5.78 Å². The number of ketones is 1. The van der Waals surface area contributed by atoms with E-state index in [1.165, 1.54) is 19.3 Å². The lowest BCUT2D eigenvalue weighted by atomic mass is 9.85. The lowest BCUT2D eigenvalue weighted by Gasteiger charge is -2.33. The van der Waals surface area contributed by atoms with Gasteiger partial charge in [-0.2, -0.15) is 0 Å². The summed E-state index contributed by atoms with van der Waals surface area (Å²) in [6.07, 6.45) is 9.56. The fraction of sp³-hybridized carbons (Fsp3) is 0.786. The van der Waals surface area contributed by atoms with E-state index >= 15 is 0 Å². The molecular weight excluding hydrogens is 200 g/mol. The molecule has 1 heterocycles. The molecule has 0 aromatic rings. The molecule has 1 aliphatic heterocycles. The molecular formula is C14H22O2. The van der Waals surface area contributed by atoms with Crippen LogP contribution in [0.1, 0.15) is 52.4 Å². The number of rotatable bonds is 1.